The number of hydrogen-bond donors (Lipinski definition) is 0. The maximum Gasteiger partial charge on any atom is 0.246 e. The number of para-hydroxylation sites is 1. The maximum atomic E-state index is 12.3. The van der Waals surface area contributed by atoms with Crippen molar-refractivity contribution in [1.29, 1.82) is 0 Å². The molecule has 6 nitrogen and oxygen atoms in total. The van der Waals surface area contributed by atoms with Crippen LogP contribution in [0, 0.1) is 0 Å². The third-order valence-electron chi connectivity index (χ3n) is 4.36. The number of morpholine rings is 1. The molecule has 0 aromatic heterocycles. The Labute approximate surface area is 171 Å². The molecule has 0 saturated carbocycles. The van der Waals surface area contributed by atoms with Crippen LogP contribution in [0.3, 0.4) is 0 Å². The Hall–Kier alpha value is -2.99. The van der Waals surface area contributed by atoms with Gasteiger partial charge in [0.2, 0.25) is 5.91 Å². The van der Waals surface area contributed by atoms with Crippen LogP contribution in [-0.4, -0.2) is 56.9 Å². The molecule has 0 radical (unpaired) electrons. The molecule has 1 fully saturated rings. The monoisotopic (exact) mass is 397 g/mol. The quantitative estimate of drug-likeness (QED) is 0.479. The zero-order chi connectivity index (χ0) is 20.3. The average molecular weight is 397 g/mol. The van der Waals surface area contributed by atoms with Gasteiger partial charge in [0.1, 0.15) is 19.0 Å². The fourth-order valence-electron chi connectivity index (χ4n) is 2.90. The number of nitrogens with zero attached hydrogens (tertiary/aromatic N) is 1. The Morgan fingerprint density at radius 3 is 2.52 bits per heavy atom. The van der Waals surface area contributed by atoms with E-state index >= 15 is 0 Å². The molecule has 1 amide bonds. The van der Waals surface area contributed by atoms with Gasteiger partial charge in [-0.25, -0.2) is 0 Å². The van der Waals surface area contributed by atoms with Crippen LogP contribution in [0.2, 0.25) is 0 Å². The van der Waals surface area contributed by atoms with E-state index in [4.69, 9.17) is 18.9 Å². The second kappa shape index (κ2) is 11.1. The fourth-order valence-corrected chi connectivity index (χ4v) is 2.90. The number of ether oxygens (including phenoxy) is 4. The molecule has 1 aliphatic rings. The lowest BCUT2D eigenvalue weighted by Gasteiger charge is -2.25. The van der Waals surface area contributed by atoms with E-state index in [1.54, 1.807) is 17.1 Å². The van der Waals surface area contributed by atoms with Gasteiger partial charge in [0.25, 0.3) is 0 Å². The smallest absolute Gasteiger partial charge is 0.246 e. The molecule has 0 bridgehead atoms. The van der Waals surface area contributed by atoms with Gasteiger partial charge in [-0.15, -0.1) is 0 Å². The van der Waals surface area contributed by atoms with Crippen LogP contribution in [-0.2, 0) is 9.53 Å². The van der Waals surface area contributed by atoms with Crippen molar-refractivity contribution >= 4 is 12.0 Å². The maximum absolute atomic E-state index is 12.3. The van der Waals surface area contributed by atoms with Crippen molar-refractivity contribution in [2.24, 2.45) is 0 Å². The predicted octanol–water partition coefficient (Wildman–Crippen LogP) is 3.42. The molecular formula is C23H27NO5. The summed E-state index contributed by atoms with van der Waals surface area (Å²) in [7, 11) is 0. The van der Waals surface area contributed by atoms with Crippen LogP contribution in [0.15, 0.2) is 54.6 Å². The van der Waals surface area contributed by atoms with E-state index in [2.05, 4.69) is 0 Å². The van der Waals surface area contributed by atoms with Crippen LogP contribution in [0.1, 0.15) is 12.5 Å². The van der Waals surface area contributed by atoms with Gasteiger partial charge in [0.15, 0.2) is 11.5 Å². The molecule has 0 spiro atoms. The van der Waals surface area contributed by atoms with E-state index < -0.39 is 0 Å². The average Bonchev–Trinajstić information content (AvgIpc) is 2.77. The van der Waals surface area contributed by atoms with Gasteiger partial charge < -0.3 is 23.8 Å². The summed E-state index contributed by atoms with van der Waals surface area (Å²) in [6.45, 7) is 5.73. The van der Waals surface area contributed by atoms with Crippen molar-refractivity contribution in [3.8, 4) is 17.2 Å². The van der Waals surface area contributed by atoms with Gasteiger partial charge in [0, 0.05) is 19.2 Å². The normalized spacial score (nSPS) is 14.0. The first-order valence-electron chi connectivity index (χ1n) is 9.88. The highest BCUT2D eigenvalue weighted by atomic mass is 16.5. The fraction of sp³-hybridized carbons (Fsp3) is 0.348. The minimum absolute atomic E-state index is 0.00959. The third kappa shape index (κ3) is 6.54. The van der Waals surface area contributed by atoms with Crippen molar-refractivity contribution in [2.45, 2.75) is 6.92 Å². The van der Waals surface area contributed by atoms with E-state index in [0.717, 1.165) is 11.3 Å². The third-order valence-corrected chi connectivity index (χ3v) is 4.36. The van der Waals surface area contributed by atoms with Gasteiger partial charge in [-0.2, -0.15) is 0 Å². The Bertz CT molecular complexity index is 800. The summed E-state index contributed by atoms with van der Waals surface area (Å²) in [5.41, 5.74) is 0.878. The van der Waals surface area contributed by atoms with E-state index in [0.29, 0.717) is 57.6 Å². The zero-order valence-corrected chi connectivity index (χ0v) is 16.7. The first-order valence-corrected chi connectivity index (χ1v) is 9.88. The lowest BCUT2D eigenvalue weighted by Crippen LogP contribution is -2.39. The van der Waals surface area contributed by atoms with Crippen molar-refractivity contribution in [2.75, 3.05) is 46.1 Å². The second-order valence-electron chi connectivity index (χ2n) is 6.42. The van der Waals surface area contributed by atoms with Crippen molar-refractivity contribution in [3.05, 3.63) is 60.2 Å². The minimum Gasteiger partial charge on any atom is -0.490 e. The van der Waals surface area contributed by atoms with E-state index in [1.165, 1.54) is 0 Å². The molecule has 0 aliphatic carbocycles. The molecule has 29 heavy (non-hydrogen) atoms. The first kappa shape index (κ1) is 20.7. The molecule has 154 valence electrons. The molecule has 0 atom stereocenters. The van der Waals surface area contributed by atoms with Crippen LogP contribution in [0.4, 0.5) is 0 Å². The van der Waals surface area contributed by atoms with Crippen LogP contribution in [0.25, 0.3) is 6.08 Å². The second-order valence-corrected chi connectivity index (χ2v) is 6.42. The highest BCUT2D eigenvalue weighted by molar-refractivity contribution is 5.91. The van der Waals surface area contributed by atoms with Crippen molar-refractivity contribution in [1.82, 2.24) is 4.90 Å². The summed E-state index contributed by atoms with van der Waals surface area (Å²) >= 11 is 0. The Balaban J connectivity index is 1.56. The molecular weight excluding hydrogens is 370 g/mol. The van der Waals surface area contributed by atoms with Gasteiger partial charge in [-0.3, -0.25) is 4.79 Å². The van der Waals surface area contributed by atoms with E-state index in [9.17, 15) is 4.79 Å². The first-order chi connectivity index (χ1) is 14.3. The summed E-state index contributed by atoms with van der Waals surface area (Å²) in [5.74, 6) is 2.10. The van der Waals surface area contributed by atoms with Gasteiger partial charge in [-0.1, -0.05) is 24.3 Å². The number of carbonyl (C=O) groups is 1. The van der Waals surface area contributed by atoms with Gasteiger partial charge in [0.05, 0.1) is 19.8 Å². The predicted molar refractivity (Wildman–Crippen MR) is 111 cm³/mol. The minimum atomic E-state index is -0.00959. The lowest BCUT2D eigenvalue weighted by molar-refractivity contribution is -0.129. The van der Waals surface area contributed by atoms with E-state index in [-0.39, 0.29) is 5.91 Å². The summed E-state index contributed by atoms with van der Waals surface area (Å²) < 4.78 is 22.5. The lowest BCUT2D eigenvalue weighted by atomic mass is 10.2. The van der Waals surface area contributed by atoms with Gasteiger partial charge in [-0.05, 0) is 42.8 Å². The number of amides is 1. The zero-order valence-electron chi connectivity index (χ0n) is 16.7. The van der Waals surface area contributed by atoms with Crippen LogP contribution >= 0.6 is 0 Å². The van der Waals surface area contributed by atoms with Crippen LogP contribution < -0.4 is 14.2 Å². The highest BCUT2D eigenvalue weighted by Gasteiger charge is 2.14. The molecule has 6 heteroatoms. The van der Waals surface area contributed by atoms with Crippen LogP contribution in [0.5, 0.6) is 17.2 Å². The Morgan fingerprint density at radius 2 is 1.76 bits per heavy atom. The van der Waals surface area contributed by atoms with Crippen molar-refractivity contribution < 1.29 is 23.7 Å². The van der Waals surface area contributed by atoms with Gasteiger partial charge >= 0.3 is 0 Å². The molecule has 2 aromatic carbocycles. The Kier molecular flexibility index (Phi) is 7.95. The van der Waals surface area contributed by atoms with Crippen molar-refractivity contribution in [3.63, 3.8) is 0 Å². The molecule has 1 heterocycles. The largest absolute Gasteiger partial charge is 0.490 e. The number of carbonyl (C=O) groups excluding carboxylic acids is 1. The Morgan fingerprint density at radius 1 is 1.00 bits per heavy atom. The number of benzene rings is 2. The summed E-state index contributed by atoms with van der Waals surface area (Å²) in [6.07, 6.45) is 3.38. The molecule has 1 saturated heterocycles. The van der Waals surface area contributed by atoms with E-state index in [1.807, 2.05) is 55.5 Å². The summed E-state index contributed by atoms with van der Waals surface area (Å²) in [4.78, 5) is 14.0. The number of hydrogen-bond acceptors (Lipinski definition) is 5. The SMILES string of the molecule is CCOc1cc(/C=C/C(=O)N2CCOCC2)ccc1OCCOc1ccccc1. The molecule has 0 N–H and O–H groups in total. The summed E-state index contributed by atoms with van der Waals surface area (Å²) in [6, 6.07) is 15.3. The molecule has 2 aromatic rings. The molecule has 1 aliphatic heterocycles. The summed E-state index contributed by atoms with van der Waals surface area (Å²) in [5, 5.41) is 0. The topological polar surface area (TPSA) is 57.2 Å². The highest BCUT2D eigenvalue weighted by Crippen LogP contribution is 2.29. The standard InChI is InChI=1S/C23H27NO5/c1-2-27-22-18-19(9-11-23(25)24-12-14-26-15-13-24)8-10-21(22)29-17-16-28-20-6-4-3-5-7-20/h3-11,18H,2,12-17H2,1H3/b11-9+. The molecule has 3 rings (SSSR count). The number of rotatable bonds is 9. The molecule has 0 unspecified atom stereocenters.